The van der Waals surface area contributed by atoms with E-state index in [0.29, 0.717) is 12.4 Å². The van der Waals surface area contributed by atoms with Crippen molar-refractivity contribution in [1.29, 1.82) is 0 Å². The van der Waals surface area contributed by atoms with Gasteiger partial charge in [0.2, 0.25) is 0 Å². The topological polar surface area (TPSA) is 106 Å². The minimum atomic E-state index is -1.07. The first kappa shape index (κ1) is 11.9. The minimum Gasteiger partial charge on any atom is -0.478 e. The second kappa shape index (κ2) is 4.74. The molecule has 7 nitrogen and oxygen atoms in total. The van der Waals surface area contributed by atoms with E-state index in [9.17, 15) is 4.79 Å². The fourth-order valence-corrected chi connectivity index (χ4v) is 1.53. The zero-order valence-corrected chi connectivity index (χ0v) is 9.79. The summed E-state index contributed by atoms with van der Waals surface area (Å²) in [6.07, 6.45) is 3.22. The molecule has 4 N–H and O–H groups in total. The molecule has 0 amide bonds. The summed E-state index contributed by atoms with van der Waals surface area (Å²) in [5.74, 6) is -0.726. The largest absolute Gasteiger partial charge is 0.478 e. The van der Waals surface area contributed by atoms with E-state index in [1.807, 2.05) is 19.3 Å². The SMILES string of the molecule is Cn1ccc(CNc2nccc(C(=O)O)c2N)n1. The van der Waals surface area contributed by atoms with Crippen molar-refractivity contribution in [3.05, 3.63) is 35.8 Å². The lowest BCUT2D eigenvalue weighted by Gasteiger charge is -2.08. The number of nitrogens with one attached hydrogen (secondary N) is 1. The molecule has 2 heterocycles. The maximum Gasteiger partial charge on any atom is 0.337 e. The molecule has 0 aliphatic heterocycles. The van der Waals surface area contributed by atoms with Crippen molar-refractivity contribution in [1.82, 2.24) is 14.8 Å². The third kappa shape index (κ3) is 2.40. The van der Waals surface area contributed by atoms with E-state index in [1.165, 1.54) is 12.3 Å². The van der Waals surface area contributed by atoms with Crippen molar-refractivity contribution in [2.45, 2.75) is 6.54 Å². The molecule has 18 heavy (non-hydrogen) atoms. The molecular formula is C11H13N5O2. The van der Waals surface area contributed by atoms with Crippen molar-refractivity contribution >= 4 is 17.5 Å². The third-order valence-corrected chi connectivity index (χ3v) is 2.43. The second-order valence-corrected chi connectivity index (χ2v) is 3.76. The molecule has 0 saturated carbocycles. The van der Waals surface area contributed by atoms with Gasteiger partial charge < -0.3 is 16.2 Å². The number of carboxylic acid groups (broad SMARTS) is 1. The quantitative estimate of drug-likeness (QED) is 0.734. The van der Waals surface area contributed by atoms with Gasteiger partial charge in [-0.3, -0.25) is 4.68 Å². The van der Waals surface area contributed by atoms with Gasteiger partial charge in [-0.15, -0.1) is 0 Å². The van der Waals surface area contributed by atoms with Gasteiger partial charge in [-0.25, -0.2) is 9.78 Å². The Bertz CT molecular complexity index is 579. The Hall–Kier alpha value is -2.57. The summed E-state index contributed by atoms with van der Waals surface area (Å²) in [6, 6.07) is 3.22. The van der Waals surface area contributed by atoms with Crippen LogP contribution in [0.15, 0.2) is 24.5 Å². The maximum atomic E-state index is 10.9. The van der Waals surface area contributed by atoms with Crippen molar-refractivity contribution in [2.24, 2.45) is 7.05 Å². The molecule has 2 rings (SSSR count). The maximum absolute atomic E-state index is 10.9. The summed E-state index contributed by atoms with van der Waals surface area (Å²) in [7, 11) is 1.82. The fourth-order valence-electron chi connectivity index (χ4n) is 1.53. The van der Waals surface area contributed by atoms with E-state index >= 15 is 0 Å². The molecule has 0 fully saturated rings. The van der Waals surface area contributed by atoms with Crippen LogP contribution in [0.4, 0.5) is 11.5 Å². The highest BCUT2D eigenvalue weighted by Gasteiger charge is 2.12. The van der Waals surface area contributed by atoms with E-state index in [2.05, 4.69) is 15.4 Å². The number of pyridine rings is 1. The van der Waals surface area contributed by atoms with Crippen molar-refractivity contribution in [3.63, 3.8) is 0 Å². The third-order valence-electron chi connectivity index (χ3n) is 2.43. The van der Waals surface area contributed by atoms with Crippen LogP contribution in [0.5, 0.6) is 0 Å². The fraction of sp³-hybridized carbons (Fsp3) is 0.182. The number of hydrogen-bond donors (Lipinski definition) is 3. The predicted molar refractivity (Wildman–Crippen MR) is 66.1 cm³/mol. The number of hydrogen-bond acceptors (Lipinski definition) is 5. The molecule has 0 aliphatic carbocycles. The van der Waals surface area contributed by atoms with E-state index in [4.69, 9.17) is 10.8 Å². The number of aromatic carboxylic acids is 1. The number of nitrogens with zero attached hydrogens (tertiary/aromatic N) is 3. The normalized spacial score (nSPS) is 10.3. The van der Waals surface area contributed by atoms with Crippen molar-refractivity contribution in [2.75, 3.05) is 11.1 Å². The highest BCUT2D eigenvalue weighted by Crippen LogP contribution is 2.20. The molecular weight excluding hydrogens is 234 g/mol. The van der Waals surface area contributed by atoms with Gasteiger partial charge in [-0.2, -0.15) is 5.10 Å². The van der Waals surface area contributed by atoms with Crippen LogP contribution in [-0.4, -0.2) is 25.8 Å². The van der Waals surface area contributed by atoms with E-state index in [1.54, 1.807) is 4.68 Å². The Balaban J connectivity index is 2.14. The average molecular weight is 247 g/mol. The predicted octanol–water partition coefficient (Wildman–Crippen LogP) is 0.708. The van der Waals surface area contributed by atoms with Gasteiger partial charge in [0, 0.05) is 19.4 Å². The number of aromatic nitrogens is 3. The molecule has 2 aromatic heterocycles. The van der Waals surface area contributed by atoms with Gasteiger partial charge in [-0.1, -0.05) is 0 Å². The summed E-state index contributed by atoms with van der Waals surface area (Å²) in [4.78, 5) is 14.9. The Morgan fingerprint density at radius 1 is 1.56 bits per heavy atom. The first-order valence-electron chi connectivity index (χ1n) is 5.28. The summed E-state index contributed by atoms with van der Waals surface area (Å²) in [6.45, 7) is 0.432. The van der Waals surface area contributed by atoms with Crippen molar-refractivity contribution in [3.8, 4) is 0 Å². The van der Waals surface area contributed by atoms with E-state index in [-0.39, 0.29) is 11.3 Å². The second-order valence-electron chi connectivity index (χ2n) is 3.76. The lowest BCUT2D eigenvalue weighted by atomic mass is 10.2. The van der Waals surface area contributed by atoms with Gasteiger partial charge in [0.15, 0.2) is 0 Å². The van der Waals surface area contributed by atoms with Gasteiger partial charge in [0.1, 0.15) is 5.82 Å². The molecule has 0 spiro atoms. The van der Waals surface area contributed by atoms with Gasteiger partial charge in [-0.05, 0) is 12.1 Å². The molecule has 0 aromatic carbocycles. The number of carboxylic acids is 1. The highest BCUT2D eigenvalue weighted by molar-refractivity contribution is 5.96. The van der Waals surface area contributed by atoms with Gasteiger partial charge in [0.05, 0.1) is 23.5 Å². The lowest BCUT2D eigenvalue weighted by Crippen LogP contribution is -2.09. The molecule has 0 unspecified atom stereocenters. The molecule has 2 aromatic rings. The number of carbonyl (C=O) groups is 1. The molecule has 7 heteroatoms. The van der Waals surface area contributed by atoms with Gasteiger partial charge >= 0.3 is 5.97 Å². The number of nitrogen functional groups attached to an aromatic ring is 1. The van der Waals surface area contributed by atoms with Crippen LogP contribution in [0.3, 0.4) is 0 Å². The summed E-state index contributed by atoms with van der Waals surface area (Å²) >= 11 is 0. The summed E-state index contributed by atoms with van der Waals surface area (Å²) < 4.78 is 1.68. The lowest BCUT2D eigenvalue weighted by molar-refractivity contribution is 0.0698. The van der Waals surface area contributed by atoms with Crippen LogP contribution in [0.1, 0.15) is 16.1 Å². The molecule has 0 aliphatic rings. The van der Waals surface area contributed by atoms with Crippen molar-refractivity contribution < 1.29 is 9.90 Å². The first-order valence-corrected chi connectivity index (χ1v) is 5.28. The van der Waals surface area contributed by atoms with Gasteiger partial charge in [0.25, 0.3) is 0 Å². The Morgan fingerprint density at radius 2 is 2.33 bits per heavy atom. The van der Waals surface area contributed by atoms with E-state index in [0.717, 1.165) is 5.69 Å². The zero-order chi connectivity index (χ0) is 13.1. The van der Waals surface area contributed by atoms with E-state index < -0.39 is 5.97 Å². The molecule has 0 atom stereocenters. The Labute approximate surface area is 103 Å². The monoisotopic (exact) mass is 247 g/mol. The summed E-state index contributed by atoms with van der Waals surface area (Å²) in [5.41, 5.74) is 6.70. The average Bonchev–Trinajstić information content (AvgIpc) is 2.73. The Kier molecular flexibility index (Phi) is 3.13. The van der Waals surface area contributed by atoms with Crippen LogP contribution in [0, 0.1) is 0 Å². The molecule has 0 saturated heterocycles. The number of aryl methyl sites for hydroxylation is 1. The number of anilines is 2. The highest BCUT2D eigenvalue weighted by atomic mass is 16.4. The minimum absolute atomic E-state index is 0.0357. The van der Waals surface area contributed by atoms with Crippen LogP contribution in [-0.2, 0) is 13.6 Å². The van der Waals surface area contributed by atoms with Crippen LogP contribution in [0.25, 0.3) is 0 Å². The molecule has 0 bridgehead atoms. The molecule has 0 radical (unpaired) electrons. The standard InChI is InChI=1S/C11H13N5O2/c1-16-5-3-7(15-16)6-14-10-9(12)8(11(17)18)2-4-13-10/h2-5H,6,12H2,1H3,(H,13,14)(H,17,18). The molecule has 94 valence electrons. The van der Waals surface area contributed by atoms with Crippen LogP contribution >= 0.6 is 0 Å². The van der Waals surface area contributed by atoms with Crippen LogP contribution in [0.2, 0.25) is 0 Å². The zero-order valence-electron chi connectivity index (χ0n) is 9.79. The number of rotatable bonds is 4. The van der Waals surface area contributed by atoms with Crippen LogP contribution < -0.4 is 11.1 Å². The smallest absolute Gasteiger partial charge is 0.337 e. The first-order chi connectivity index (χ1) is 8.58. The summed E-state index contributed by atoms with van der Waals surface area (Å²) in [5, 5.41) is 16.1. The number of nitrogens with two attached hydrogens (primary N) is 1. The Morgan fingerprint density at radius 3 is 2.94 bits per heavy atom.